The summed E-state index contributed by atoms with van der Waals surface area (Å²) >= 11 is 5.97. The largest absolute Gasteiger partial charge is 0.353 e. The van der Waals surface area contributed by atoms with Gasteiger partial charge in [0.05, 0.1) is 0 Å². The first kappa shape index (κ1) is 16.4. The van der Waals surface area contributed by atoms with Gasteiger partial charge in [-0.05, 0) is 30.3 Å². The average Bonchev–Trinajstić information content (AvgIpc) is 3.18. The fraction of sp³-hybridized carbons (Fsp3) is 0.294. The van der Waals surface area contributed by atoms with Crippen molar-refractivity contribution in [2.45, 2.75) is 6.54 Å². The molecule has 0 saturated carbocycles. The zero-order valence-electron chi connectivity index (χ0n) is 13.2. The summed E-state index contributed by atoms with van der Waals surface area (Å²) in [4.78, 5) is 27.6. The normalized spacial score (nSPS) is 14.3. The van der Waals surface area contributed by atoms with Gasteiger partial charge >= 0.3 is 6.03 Å². The minimum atomic E-state index is -0.169. The van der Waals surface area contributed by atoms with Crippen LogP contribution in [0.25, 0.3) is 0 Å². The molecule has 126 valence electrons. The van der Waals surface area contributed by atoms with E-state index in [0.29, 0.717) is 31.2 Å². The maximum absolute atomic E-state index is 12.4. The number of anilines is 1. The SMILES string of the molecule is O=C(CN1CCN(c2cccc(Cl)c2)C1=O)NCCn1cccc1. The Morgan fingerprint density at radius 3 is 2.71 bits per heavy atom. The van der Waals surface area contributed by atoms with E-state index in [9.17, 15) is 9.59 Å². The minimum absolute atomic E-state index is 0.0710. The van der Waals surface area contributed by atoms with Crippen molar-refractivity contribution < 1.29 is 9.59 Å². The van der Waals surface area contributed by atoms with Gasteiger partial charge in [0, 0.05) is 49.3 Å². The van der Waals surface area contributed by atoms with Crippen molar-refractivity contribution in [3.05, 3.63) is 53.8 Å². The number of carbonyl (C=O) groups is 2. The van der Waals surface area contributed by atoms with Gasteiger partial charge in [0.2, 0.25) is 5.91 Å². The number of rotatable bonds is 6. The smallest absolute Gasteiger partial charge is 0.325 e. The van der Waals surface area contributed by atoms with E-state index >= 15 is 0 Å². The van der Waals surface area contributed by atoms with Crippen LogP contribution in [0, 0.1) is 0 Å². The van der Waals surface area contributed by atoms with Crippen molar-refractivity contribution in [1.82, 2.24) is 14.8 Å². The molecule has 1 N–H and O–H groups in total. The molecule has 0 bridgehead atoms. The second-order valence-electron chi connectivity index (χ2n) is 5.61. The number of benzene rings is 1. The Labute approximate surface area is 145 Å². The number of nitrogens with one attached hydrogen (secondary N) is 1. The summed E-state index contributed by atoms with van der Waals surface area (Å²) in [5.41, 5.74) is 0.753. The lowest BCUT2D eigenvalue weighted by Crippen LogP contribution is -2.40. The van der Waals surface area contributed by atoms with Gasteiger partial charge in [-0.1, -0.05) is 17.7 Å². The first-order valence-corrected chi connectivity index (χ1v) is 8.21. The van der Waals surface area contributed by atoms with Gasteiger partial charge in [0.1, 0.15) is 6.54 Å². The van der Waals surface area contributed by atoms with E-state index in [-0.39, 0.29) is 18.5 Å². The topological polar surface area (TPSA) is 57.6 Å². The van der Waals surface area contributed by atoms with Gasteiger partial charge in [0.25, 0.3) is 0 Å². The van der Waals surface area contributed by atoms with Crippen molar-refractivity contribution in [2.24, 2.45) is 0 Å². The number of amides is 3. The lowest BCUT2D eigenvalue weighted by Gasteiger charge is -2.18. The Morgan fingerprint density at radius 2 is 1.96 bits per heavy atom. The lowest BCUT2D eigenvalue weighted by molar-refractivity contribution is -0.121. The van der Waals surface area contributed by atoms with E-state index in [1.54, 1.807) is 21.9 Å². The van der Waals surface area contributed by atoms with Gasteiger partial charge < -0.3 is 14.8 Å². The molecule has 1 aromatic carbocycles. The van der Waals surface area contributed by atoms with Gasteiger partial charge in [-0.3, -0.25) is 9.69 Å². The Bertz CT molecular complexity index is 717. The molecule has 1 saturated heterocycles. The zero-order chi connectivity index (χ0) is 16.9. The van der Waals surface area contributed by atoms with Gasteiger partial charge in [-0.25, -0.2) is 4.79 Å². The highest BCUT2D eigenvalue weighted by Crippen LogP contribution is 2.23. The van der Waals surface area contributed by atoms with E-state index in [1.165, 1.54) is 0 Å². The molecular weight excluding hydrogens is 328 g/mol. The number of aromatic nitrogens is 1. The number of urea groups is 1. The van der Waals surface area contributed by atoms with Crippen molar-refractivity contribution in [2.75, 3.05) is 31.1 Å². The summed E-state index contributed by atoms with van der Waals surface area (Å²) in [5.74, 6) is -0.150. The maximum atomic E-state index is 12.4. The van der Waals surface area contributed by atoms with E-state index in [2.05, 4.69) is 5.32 Å². The van der Waals surface area contributed by atoms with Gasteiger partial charge in [-0.2, -0.15) is 0 Å². The van der Waals surface area contributed by atoms with Crippen LogP contribution in [0.4, 0.5) is 10.5 Å². The number of hydrogen-bond donors (Lipinski definition) is 1. The fourth-order valence-electron chi connectivity index (χ4n) is 2.69. The quantitative estimate of drug-likeness (QED) is 0.871. The molecule has 1 aromatic heterocycles. The number of nitrogens with zero attached hydrogens (tertiary/aromatic N) is 3. The van der Waals surface area contributed by atoms with Crippen molar-refractivity contribution in [3.63, 3.8) is 0 Å². The second kappa shape index (κ2) is 7.40. The molecule has 2 heterocycles. The van der Waals surface area contributed by atoms with Crippen molar-refractivity contribution >= 4 is 29.2 Å². The first-order valence-electron chi connectivity index (χ1n) is 7.83. The van der Waals surface area contributed by atoms with E-state index in [1.807, 2.05) is 41.2 Å². The molecule has 3 amide bonds. The second-order valence-corrected chi connectivity index (χ2v) is 6.04. The molecule has 1 fully saturated rings. The number of halogens is 1. The zero-order valence-corrected chi connectivity index (χ0v) is 13.9. The van der Waals surface area contributed by atoms with Crippen LogP contribution < -0.4 is 10.2 Å². The number of hydrogen-bond acceptors (Lipinski definition) is 2. The molecule has 2 aromatic rings. The highest BCUT2D eigenvalue weighted by atomic mass is 35.5. The average molecular weight is 347 g/mol. The summed E-state index contributed by atoms with van der Waals surface area (Å²) in [6.45, 7) is 2.39. The molecule has 1 aliphatic rings. The summed E-state index contributed by atoms with van der Waals surface area (Å²) in [6, 6.07) is 10.9. The molecule has 0 spiro atoms. The fourth-order valence-corrected chi connectivity index (χ4v) is 2.87. The molecule has 24 heavy (non-hydrogen) atoms. The molecule has 0 atom stereocenters. The monoisotopic (exact) mass is 346 g/mol. The van der Waals surface area contributed by atoms with Crippen LogP contribution in [-0.4, -0.2) is 47.6 Å². The summed E-state index contributed by atoms with van der Waals surface area (Å²) in [6.07, 6.45) is 3.89. The van der Waals surface area contributed by atoms with Crippen molar-refractivity contribution in [3.8, 4) is 0 Å². The highest BCUT2D eigenvalue weighted by molar-refractivity contribution is 6.30. The molecule has 3 rings (SSSR count). The van der Waals surface area contributed by atoms with Crippen molar-refractivity contribution in [1.29, 1.82) is 0 Å². The summed E-state index contributed by atoms with van der Waals surface area (Å²) in [7, 11) is 0. The van der Waals surface area contributed by atoms with Crippen LogP contribution in [0.1, 0.15) is 0 Å². The van der Waals surface area contributed by atoms with Crippen LogP contribution >= 0.6 is 11.6 Å². The molecule has 1 aliphatic heterocycles. The van der Waals surface area contributed by atoms with E-state index < -0.39 is 0 Å². The summed E-state index contributed by atoms with van der Waals surface area (Å²) < 4.78 is 1.99. The van der Waals surface area contributed by atoms with Crippen LogP contribution in [0.3, 0.4) is 0 Å². The predicted molar refractivity (Wildman–Crippen MR) is 93.2 cm³/mol. The molecule has 0 radical (unpaired) electrons. The molecule has 6 nitrogen and oxygen atoms in total. The Balaban J connectivity index is 1.49. The molecule has 7 heteroatoms. The predicted octanol–water partition coefficient (Wildman–Crippen LogP) is 2.20. The minimum Gasteiger partial charge on any atom is -0.353 e. The third kappa shape index (κ3) is 3.89. The van der Waals surface area contributed by atoms with Crippen LogP contribution in [-0.2, 0) is 11.3 Å². The first-order chi connectivity index (χ1) is 11.6. The molecular formula is C17H19ClN4O2. The van der Waals surface area contributed by atoms with Crippen LogP contribution in [0.15, 0.2) is 48.8 Å². The van der Waals surface area contributed by atoms with Crippen LogP contribution in [0.2, 0.25) is 5.02 Å². The third-order valence-electron chi connectivity index (χ3n) is 3.91. The lowest BCUT2D eigenvalue weighted by atomic mass is 10.3. The van der Waals surface area contributed by atoms with E-state index in [0.717, 1.165) is 5.69 Å². The number of carbonyl (C=O) groups excluding carboxylic acids is 2. The standard InChI is InChI=1S/C17H19ClN4O2/c18-14-4-3-5-15(12-14)22-11-10-21(17(22)24)13-16(23)19-6-9-20-7-1-2-8-20/h1-5,7-8,12H,6,9-11,13H2,(H,19,23). The summed E-state index contributed by atoms with van der Waals surface area (Å²) in [5, 5.41) is 3.42. The third-order valence-corrected chi connectivity index (χ3v) is 4.14. The Kier molecular flexibility index (Phi) is 5.05. The Morgan fingerprint density at radius 1 is 1.17 bits per heavy atom. The highest BCUT2D eigenvalue weighted by Gasteiger charge is 2.30. The molecule has 0 unspecified atom stereocenters. The van der Waals surface area contributed by atoms with Gasteiger partial charge in [0.15, 0.2) is 0 Å². The van der Waals surface area contributed by atoms with E-state index in [4.69, 9.17) is 11.6 Å². The Hall–Kier alpha value is -2.47. The van der Waals surface area contributed by atoms with Crippen LogP contribution in [0.5, 0.6) is 0 Å². The maximum Gasteiger partial charge on any atom is 0.325 e. The van der Waals surface area contributed by atoms with Gasteiger partial charge in [-0.15, -0.1) is 0 Å². The molecule has 0 aliphatic carbocycles.